The van der Waals surface area contributed by atoms with Crippen molar-refractivity contribution in [1.82, 2.24) is 10.2 Å². The van der Waals surface area contributed by atoms with E-state index in [9.17, 15) is 9.59 Å². The zero-order valence-electron chi connectivity index (χ0n) is 16.1. The van der Waals surface area contributed by atoms with Gasteiger partial charge < -0.3 is 14.2 Å². The lowest BCUT2D eigenvalue weighted by Gasteiger charge is -2.09. The fourth-order valence-corrected chi connectivity index (χ4v) is 4.07. The topological polar surface area (TPSA) is 98.2 Å². The van der Waals surface area contributed by atoms with E-state index in [1.54, 1.807) is 12.1 Å². The molecule has 0 spiro atoms. The molecule has 0 fully saturated rings. The van der Waals surface area contributed by atoms with Crippen molar-refractivity contribution in [2.75, 3.05) is 5.32 Å². The molecule has 2 aromatic carbocycles. The maximum absolute atomic E-state index is 12.4. The van der Waals surface area contributed by atoms with E-state index >= 15 is 0 Å². The fraction of sp³-hybridized carbons (Fsp3) is 0.0909. The van der Waals surface area contributed by atoms with E-state index in [0.717, 1.165) is 27.6 Å². The van der Waals surface area contributed by atoms with Crippen molar-refractivity contribution in [3.63, 3.8) is 0 Å². The highest BCUT2D eigenvalue weighted by Gasteiger charge is 2.14. The minimum Gasteiger partial charge on any atom is -0.423 e. The van der Waals surface area contributed by atoms with Gasteiger partial charge in [0.2, 0.25) is 5.13 Å². The standard InChI is InChI=1S/C22H15N3O4S/c1-11-8-19(26)28-18-7-12(2)16(10-14(11)18)23-22-25-24-20(30-22)15-9-13-5-3-4-6-17(13)29-21(15)27/h3-10H,1-2H3,(H,23,25). The van der Waals surface area contributed by atoms with E-state index in [0.29, 0.717) is 26.9 Å². The molecule has 0 amide bonds. The molecule has 0 radical (unpaired) electrons. The fourth-order valence-electron chi connectivity index (χ4n) is 3.31. The van der Waals surface area contributed by atoms with Crippen LogP contribution in [0.4, 0.5) is 10.8 Å². The summed E-state index contributed by atoms with van der Waals surface area (Å²) in [4.78, 5) is 24.0. The lowest BCUT2D eigenvalue weighted by Crippen LogP contribution is -2.02. The molecular formula is C22H15N3O4S. The monoisotopic (exact) mass is 417 g/mol. The Kier molecular flexibility index (Phi) is 4.22. The number of aromatic nitrogens is 2. The SMILES string of the molecule is Cc1cc2oc(=O)cc(C)c2cc1Nc1nnc(-c2cc3ccccc3oc2=O)s1. The molecule has 0 saturated carbocycles. The van der Waals surface area contributed by atoms with Crippen LogP contribution in [0.3, 0.4) is 0 Å². The Hall–Kier alpha value is -3.78. The molecular weight excluding hydrogens is 402 g/mol. The summed E-state index contributed by atoms with van der Waals surface area (Å²) in [5.74, 6) is 0. The highest BCUT2D eigenvalue weighted by molar-refractivity contribution is 7.18. The quantitative estimate of drug-likeness (QED) is 0.422. The van der Waals surface area contributed by atoms with E-state index in [2.05, 4.69) is 15.5 Å². The molecule has 5 rings (SSSR count). The van der Waals surface area contributed by atoms with Gasteiger partial charge in [-0.3, -0.25) is 0 Å². The number of hydrogen-bond donors (Lipinski definition) is 1. The lowest BCUT2D eigenvalue weighted by molar-refractivity contribution is 0.559. The van der Waals surface area contributed by atoms with Crippen LogP contribution in [0.15, 0.2) is 67.0 Å². The molecule has 3 aromatic heterocycles. The van der Waals surface area contributed by atoms with E-state index in [-0.39, 0.29) is 5.63 Å². The molecule has 5 aromatic rings. The summed E-state index contributed by atoms with van der Waals surface area (Å²) in [7, 11) is 0. The van der Waals surface area contributed by atoms with Crippen LogP contribution in [0.1, 0.15) is 11.1 Å². The molecule has 0 atom stereocenters. The number of hydrogen-bond acceptors (Lipinski definition) is 8. The average Bonchev–Trinajstić information content (AvgIpc) is 3.16. The number of anilines is 2. The Balaban J connectivity index is 1.52. The number of fused-ring (bicyclic) bond motifs is 2. The minimum atomic E-state index is -0.455. The van der Waals surface area contributed by atoms with Crippen LogP contribution in [0.5, 0.6) is 0 Å². The van der Waals surface area contributed by atoms with Gasteiger partial charge in [-0.25, -0.2) is 9.59 Å². The lowest BCUT2D eigenvalue weighted by atomic mass is 10.1. The summed E-state index contributed by atoms with van der Waals surface area (Å²) in [5, 5.41) is 14.2. The molecule has 0 aliphatic heterocycles. The minimum absolute atomic E-state index is 0.368. The third kappa shape index (κ3) is 3.17. The third-order valence-corrected chi connectivity index (χ3v) is 5.71. The van der Waals surface area contributed by atoms with Crippen LogP contribution in [-0.2, 0) is 0 Å². The summed E-state index contributed by atoms with van der Waals surface area (Å²) in [6, 6.07) is 14.3. The largest absolute Gasteiger partial charge is 0.423 e. The van der Waals surface area contributed by atoms with E-state index in [1.165, 1.54) is 17.4 Å². The first-order valence-electron chi connectivity index (χ1n) is 9.17. The average molecular weight is 417 g/mol. The second-order valence-electron chi connectivity index (χ2n) is 6.93. The number of nitrogens with zero attached hydrogens (tertiary/aromatic N) is 2. The Bertz CT molecular complexity index is 1550. The van der Waals surface area contributed by atoms with Crippen LogP contribution >= 0.6 is 11.3 Å². The van der Waals surface area contributed by atoms with Gasteiger partial charge in [-0.1, -0.05) is 29.5 Å². The first kappa shape index (κ1) is 18.3. The van der Waals surface area contributed by atoms with Gasteiger partial charge in [-0.05, 0) is 49.2 Å². The van der Waals surface area contributed by atoms with E-state index in [4.69, 9.17) is 8.83 Å². The number of aryl methyl sites for hydroxylation is 2. The van der Waals surface area contributed by atoms with Crippen molar-refractivity contribution in [3.05, 3.63) is 80.5 Å². The van der Waals surface area contributed by atoms with Gasteiger partial charge in [0.25, 0.3) is 0 Å². The first-order chi connectivity index (χ1) is 14.5. The zero-order valence-corrected chi connectivity index (χ0v) is 16.9. The van der Waals surface area contributed by atoms with Crippen LogP contribution in [0, 0.1) is 13.8 Å². The van der Waals surface area contributed by atoms with Gasteiger partial charge in [0, 0.05) is 22.5 Å². The number of nitrogens with one attached hydrogen (secondary N) is 1. The Labute approximate surface area is 173 Å². The molecule has 0 saturated heterocycles. The number of rotatable bonds is 3. The smallest absolute Gasteiger partial charge is 0.346 e. The second kappa shape index (κ2) is 6.93. The summed E-state index contributed by atoms with van der Waals surface area (Å²) < 4.78 is 10.7. The van der Waals surface area contributed by atoms with Gasteiger partial charge in [-0.2, -0.15) is 0 Å². The van der Waals surface area contributed by atoms with Crippen LogP contribution in [0.25, 0.3) is 32.5 Å². The van der Waals surface area contributed by atoms with Crippen molar-refractivity contribution in [2.45, 2.75) is 13.8 Å². The van der Waals surface area contributed by atoms with Crippen molar-refractivity contribution in [2.24, 2.45) is 0 Å². The zero-order chi connectivity index (χ0) is 20.8. The molecule has 1 N–H and O–H groups in total. The van der Waals surface area contributed by atoms with Gasteiger partial charge in [0.15, 0.2) is 5.01 Å². The summed E-state index contributed by atoms with van der Waals surface area (Å²) >= 11 is 1.26. The number of benzene rings is 2. The van der Waals surface area contributed by atoms with E-state index < -0.39 is 5.63 Å². The summed E-state index contributed by atoms with van der Waals surface area (Å²) in [5.41, 5.74) is 3.14. The molecule has 30 heavy (non-hydrogen) atoms. The molecule has 7 nitrogen and oxygen atoms in total. The molecule has 0 bridgehead atoms. The van der Waals surface area contributed by atoms with Crippen LogP contribution in [-0.4, -0.2) is 10.2 Å². The Morgan fingerprint density at radius 3 is 2.60 bits per heavy atom. The molecule has 0 aliphatic carbocycles. The second-order valence-corrected chi connectivity index (χ2v) is 7.91. The summed E-state index contributed by atoms with van der Waals surface area (Å²) in [6.45, 7) is 3.77. The van der Waals surface area contributed by atoms with Gasteiger partial charge >= 0.3 is 11.3 Å². The number of para-hydroxylation sites is 1. The molecule has 0 aliphatic rings. The molecule has 0 unspecified atom stereocenters. The van der Waals surface area contributed by atoms with Crippen molar-refractivity contribution in [1.29, 1.82) is 0 Å². The Morgan fingerprint density at radius 2 is 1.73 bits per heavy atom. The first-order valence-corrected chi connectivity index (χ1v) is 9.98. The Morgan fingerprint density at radius 1 is 0.900 bits per heavy atom. The van der Waals surface area contributed by atoms with E-state index in [1.807, 2.05) is 44.2 Å². The predicted molar refractivity (Wildman–Crippen MR) is 117 cm³/mol. The molecule has 3 heterocycles. The highest BCUT2D eigenvalue weighted by atomic mass is 32.1. The van der Waals surface area contributed by atoms with Gasteiger partial charge in [0.05, 0.1) is 5.56 Å². The van der Waals surface area contributed by atoms with Crippen molar-refractivity contribution < 1.29 is 8.83 Å². The summed E-state index contributed by atoms with van der Waals surface area (Å²) in [6.07, 6.45) is 0. The normalized spacial score (nSPS) is 11.3. The maximum Gasteiger partial charge on any atom is 0.346 e. The molecule has 8 heteroatoms. The maximum atomic E-state index is 12.4. The van der Waals surface area contributed by atoms with Crippen LogP contribution in [0.2, 0.25) is 0 Å². The van der Waals surface area contributed by atoms with Gasteiger partial charge in [-0.15, -0.1) is 10.2 Å². The predicted octanol–water partition coefficient (Wildman–Crippen LogP) is 4.78. The van der Waals surface area contributed by atoms with Crippen LogP contribution < -0.4 is 16.6 Å². The van der Waals surface area contributed by atoms with Gasteiger partial charge in [0.1, 0.15) is 11.2 Å². The van der Waals surface area contributed by atoms with Crippen molar-refractivity contribution >= 4 is 44.1 Å². The molecule has 148 valence electrons. The van der Waals surface area contributed by atoms with Crippen molar-refractivity contribution in [3.8, 4) is 10.6 Å². The highest BCUT2D eigenvalue weighted by Crippen LogP contribution is 2.31. The third-order valence-electron chi connectivity index (χ3n) is 4.83.